The lowest BCUT2D eigenvalue weighted by atomic mass is 9.78. The van der Waals surface area contributed by atoms with Gasteiger partial charge in [0.1, 0.15) is 22.1 Å². The van der Waals surface area contributed by atoms with Crippen LogP contribution in [0.5, 0.6) is 5.88 Å². The number of aromatic nitrogens is 5. The van der Waals surface area contributed by atoms with Crippen LogP contribution < -0.4 is 4.90 Å². The molecule has 9 heteroatoms. The number of hydrogen-bond acceptors (Lipinski definition) is 7. The zero-order chi connectivity index (χ0) is 18.4. The van der Waals surface area contributed by atoms with E-state index < -0.39 is 0 Å². The van der Waals surface area contributed by atoms with E-state index in [1.54, 1.807) is 12.3 Å². The van der Waals surface area contributed by atoms with Crippen LogP contribution in [0.25, 0.3) is 22.4 Å². The molecule has 3 aromatic rings. The predicted octanol–water partition coefficient (Wildman–Crippen LogP) is 2.78. The lowest BCUT2D eigenvalue weighted by molar-refractivity contribution is 0.133. The molecule has 0 bridgehead atoms. The molecule has 140 valence electrons. The van der Waals surface area contributed by atoms with E-state index in [1.807, 2.05) is 0 Å². The van der Waals surface area contributed by atoms with Gasteiger partial charge in [-0.15, -0.1) is 0 Å². The van der Waals surface area contributed by atoms with E-state index in [0.29, 0.717) is 27.8 Å². The molecule has 2 saturated heterocycles. The highest BCUT2D eigenvalue weighted by molar-refractivity contribution is 6.34. The minimum atomic E-state index is -0.229. The number of fused-ring (bicyclic) bond motifs is 1. The van der Waals surface area contributed by atoms with Crippen molar-refractivity contribution in [2.75, 3.05) is 31.2 Å². The van der Waals surface area contributed by atoms with Gasteiger partial charge < -0.3 is 14.7 Å². The number of nitrogens with one attached hydrogen (secondary N) is 1. The van der Waals surface area contributed by atoms with E-state index in [9.17, 15) is 5.11 Å². The molecule has 0 aliphatic carbocycles. The number of anilines is 1. The first-order valence-corrected chi connectivity index (χ1v) is 9.41. The van der Waals surface area contributed by atoms with Crippen molar-refractivity contribution in [1.29, 1.82) is 0 Å². The molecule has 27 heavy (non-hydrogen) atoms. The Balaban J connectivity index is 1.43. The molecule has 8 nitrogen and oxygen atoms in total. The Bertz CT molecular complexity index is 991. The van der Waals surface area contributed by atoms with Crippen LogP contribution in [0.15, 0.2) is 18.5 Å². The van der Waals surface area contributed by atoms with Gasteiger partial charge in [-0.05, 0) is 30.7 Å². The van der Waals surface area contributed by atoms with Gasteiger partial charge in [0, 0.05) is 31.5 Å². The number of aromatic amines is 1. The van der Waals surface area contributed by atoms with Crippen LogP contribution in [-0.4, -0.2) is 56.6 Å². The van der Waals surface area contributed by atoms with Crippen molar-refractivity contribution in [2.24, 2.45) is 5.41 Å². The summed E-state index contributed by atoms with van der Waals surface area (Å²) >= 11 is 6.16. The lowest BCUT2D eigenvalue weighted by Crippen LogP contribution is -2.40. The minimum Gasteiger partial charge on any atom is -0.492 e. The quantitative estimate of drug-likeness (QED) is 0.698. The van der Waals surface area contributed by atoms with E-state index in [2.05, 4.69) is 25.1 Å². The number of ether oxygens (including phenoxy) is 1. The fourth-order valence-electron chi connectivity index (χ4n) is 4.00. The summed E-state index contributed by atoms with van der Waals surface area (Å²) in [5, 5.41) is 17.1. The van der Waals surface area contributed by atoms with Gasteiger partial charge in [0.15, 0.2) is 5.65 Å². The summed E-state index contributed by atoms with van der Waals surface area (Å²) in [7, 11) is 0. The molecule has 0 amide bonds. The van der Waals surface area contributed by atoms with Crippen molar-refractivity contribution >= 4 is 28.6 Å². The largest absolute Gasteiger partial charge is 0.492 e. The molecule has 2 aliphatic rings. The van der Waals surface area contributed by atoms with Gasteiger partial charge >= 0.3 is 0 Å². The minimum absolute atomic E-state index is 0.150. The first-order chi connectivity index (χ1) is 13.2. The van der Waals surface area contributed by atoms with Crippen molar-refractivity contribution in [2.45, 2.75) is 19.3 Å². The van der Waals surface area contributed by atoms with Crippen LogP contribution in [0.2, 0.25) is 5.02 Å². The normalized spacial score (nSPS) is 19.2. The second-order valence-corrected chi connectivity index (χ2v) is 7.66. The van der Waals surface area contributed by atoms with E-state index in [4.69, 9.17) is 21.3 Å². The average molecular weight is 387 g/mol. The number of H-pyrrole nitrogens is 1. The topological polar surface area (TPSA) is 100 Å². The summed E-state index contributed by atoms with van der Waals surface area (Å²) in [6.07, 6.45) is 6.66. The van der Waals surface area contributed by atoms with Crippen molar-refractivity contribution < 1.29 is 9.84 Å². The second kappa shape index (κ2) is 6.31. The Morgan fingerprint density at radius 2 is 2.07 bits per heavy atom. The maximum Gasteiger partial charge on any atom is 0.230 e. The Morgan fingerprint density at radius 1 is 1.22 bits per heavy atom. The second-order valence-electron chi connectivity index (χ2n) is 7.28. The van der Waals surface area contributed by atoms with Crippen LogP contribution >= 0.6 is 11.6 Å². The van der Waals surface area contributed by atoms with Crippen molar-refractivity contribution in [3.05, 3.63) is 23.5 Å². The highest BCUT2D eigenvalue weighted by atomic mass is 35.5. The predicted molar refractivity (Wildman–Crippen MR) is 101 cm³/mol. The molecular formula is C18H19ClN6O2. The van der Waals surface area contributed by atoms with Crippen LogP contribution in [0.4, 0.5) is 5.82 Å². The van der Waals surface area contributed by atoms with Gasteiger partial charge in [0.25, 0.3) is 0 Å². The fourth-order valence-corrected chi connectivity index (χ4v) is 4.20. The van der Waals surface area contributed by atoms with Gasteiger partial charge in [0.2, 0.25) is 5.88 Å². The summed E-state index contributed by atoms with van der Waals surface area (Å²) in [5.41, 5.74) is 2.68. The number of hydrogen-bond donors (Lipinski definition) is 2. The van der Waals surface area contributed by atoms with Gasteiger partial charge in [0.05, 0.1) is 12.8 Å². The monoisotopic (exact) mass is 386 g/mol. The molecule has 2 aliphatic heterocycles. The highest BCUT2D eigenvalue weighted by Crippen LogP contribution is 2.40. The van der Waals surface area contributed by atoms with Crippen molar-refractivity contribution in [1.82, 2.24) is 25.1 Å². The van der Waals surface area contributed by atoms with Crippen molar-refractivity contribution in [3.8, 4) is 17.1 Å². The Morgan fingerprint density at radius 3 is 2.85 bits per heavy atom. The zero-order valence-corrected chi connectivity index (χ0v) is 15.4. The van der Waals surface area contributed by atoms with E-state index in [1.165, 1.54) is 6.20 Å². The maximum absolute atomic E-state index is 9.74. The maximum atomic E-state index is 9.74. The van der Waals surface area contributed by atoms with Crippen LogP contribution in [-0.2, 0) is 4.74 Å². The molecule has 1 spiro atoms. The van der Waals surface area contributed by atoms with Gasteiger partial charge in [-0.1, -0.05) is 11.6 Å². The fraction of sp³-hybridized carbons (Fsp3) is 0.444. The van der Waals surface area contributed by atoms with E-state index in [-0.39, 0.29) is 10.9 Å². The standard InChI is InChI=1S/C18H19ClN6O2/c19-13-11(1-5-20-17(13)26)14-15-16(24-23-14)22-12(9-21-15)25-6-2-18(3-7-25)4-8-27-10-18/h1,5,9H,2-4,6-8,10H2,(H,20,26)(H,22,23,24). The van der Waals surface area contributed by atoms with Crippen molar-refractivity contribution in [3.63, 3.8) is 0 Å². The summed E-state index contributed by atoms with van der Waals surface area (Å²) in [4.78, 5) is 15.3. The number of rotatable bonds is 2. The molecule has 0 unspecified atom stereocenters. The van der Waals surface area contributed by atoms with E-state index in [0.717, 1.165) is 51.4 Å². The summed E-state index contributed by atoms with van der Waals surface area (Å²) < 4.78 is 5.61. The third kappa shape index (κ3) is 2.80. The zero-order valence-electron chi connectivity index (χ0n) is 14.7. The van der Waals surface area contributed by atoms with Gasteiger partial charge in [-0.25, -0.2) is 15.0 Å². The number of pyridine rings is 1. The Labute approximate surface area is 160 Å². The number of nitrogens with zero attached hydrogens (tertiary/aromatic N) is 5. The lowest BCUT2D eigenvalue weighted by Gasteiger charge is -2.38. The molecule has 3 aromatic heterocycles. The SMILES string of the molecule is Oc1nccc(-c2n[nH]c3nc(N4CCC5(CCOC5)CC4)cnc23)c1Cl. The van der Waals surface area contributed by atoms with Gasteiger partial charge in [-0.2, -0.15) is 5.10 Å². The first-order valence-electron chi connectivity index (χ1n) is 9.03. The number of halogens is 1. The molecule has 2 N–H and O–H groups in total. The van der Waals surface area contributed by atoms with Crippen LogP contribution in [0.3, 0.4) is 0 Å². The third-order valence-electron chi connectivity index (χ3n) is 5.72. The summed E-state index contributed by atoms with van der Waals surface area (Å²) in [6, 6.07) is 1.70. The molecule has 5 rings (SSSR count). The van der Waals surface area contributed by atoms with E-state index >= 15 is 0 Å². The molecule has 0 aromatic carbocycles. The molecule has 0 radical (unpaired) electrons. The number of piperidine rings is 1. The number of aromatic hydroxyl groups is 1. The Kier molecular flexibility index (Phi) is 3.91. The summed E-state index contributed by atoms with van der Waals surface area (Å²) in [5.74, 6) is 0.614. The molecule has 0 atom stereocenters. The molecule has 0 saturated carbocycles. The first kappa shape index (κ1) is 16.7. The molecule has 2 fully saturated rings. The molecular weight excluding hydrogens is 368 g/mol. The summed E-state index contributed by atoms with van der Waals surface area (Å²) in [6.45, 7) is 3.67. The van der Waals surface area contributed by atoms with Crippen LogP contribution in [0, 0.1) is 5.41 Å². The smallest absolute Gasteiger partial charge is 0.230 e. The average Bonchev–Trinajstić information content (AvgIpc) is 3.31. The highest BCUT2D eigenvalue weighted by Gasteiger charge is 2.38. The Hall–Kier alpha value is -2.45. The third-order valence-corrected chi connectivity index (χ3v) is 6.09. The van der Waals surface area contributed by atoms with Crippen LogP contribution in [0.1, 0.15) is 19.3 Å². The molecule has 5 heterocycles. The van der Waals surface area contributed by atoms with Gasteiger partial charge in [-0.3, -0.25) is 5.10 Å².